The fourth-order valence-electron chi connectivity index (χ4n) is 4.63. The molecule has 222 valence electrons. The van der Waals surface area contributed by atoms with E-state index in [4.69, 9.17) is 30.5 Å². The maximum Gasteiger partial charge on any atom is 0.337 e. The van der Waals surface area contributed by atoms with Gasteiger partial charge in [-0.25, -0.2) is 9.79 Å². The van der Waals surface area contributed by atoms with E-state index in [9.17, 15) is 9.59 Å². The first-order chi connectivity index (χ1) is 20.8. The Kier molecular flexibility index (Phi) is 9.69. The molecule has 0 bridgehead atoms. The number of ether oxygens (including phenoxy) is 4. The van der Waals surface area contributed by atoms with Crippen LogP contribution in [-0.2, 0) is 16.1 Å². The van der Waals surface area contributed by atoms with Gasteiger partial charge in [-0.3, -0.25) is 9.36 Å². The number of halogens is 2. The molecule has 0 radical (unpaired) electrons. The number of hydrogen-bond acceptors (Lipinski definition) is 8. The molecule has 0 unspecified atom stereocenters. The van der Waals surface area contributed by atoms with Gasteiger partial charge < -0.3 is 18.9 Å². The van der Waals surface area contributed by atoms with Crippen molar-refractivity contribution in [2.45, 2.75) is 26.5 Å². The number of hydrogen-bond donors (Lipinski definition) is 0. The Morgan fingerprint density at radius 2 is 1.72 bits per heavy atom. The molecule has 0 N–H and O–H groups in total. The van der Waals surface area contributed by atoms with E-state index < -0.39 is 12.0 Å². The molecule has 0 saturated carbocycles. The molecule has 4 aromatic rings. The molecule has 11 heteroatoms. The number of benzene rings is 3. The summed E-state index contributed by atoms with van der Waals surface area (Å²) >= 11 is 11.0. The zero-order chi connectivity index (χ0) is 30.5. The summed E-state index contributed by atoms with van der Waals surface area (Å²) in [7, 11) is 1.30. The Hall–Kier alpha value is -3.86. The van der Waals surface area contributed by atoms with E-state index in [1.165, 1.54) is 29.2 Å². The van der Waals surface area contributed by atoms with Gasteiger partial charge in [-0.1, -0.05) is 57.1 Å². The van der Waals surface area contributed by atoms with Crippen molar-refractivity contribution < 1.29 is 23.7 Å². The smallest absolute Gasteiger partial charge is 0.337 e. The Morgan fingerprint density at radius 1 is 1.00 bits per heavy atom. The topological polar surface area (TPSA) is 88.4 Å². The number of carbonyl (C=O) groups excluding carboxylic acids is 1. The third kappa shape index (κ3) is 6.71. The van der Waals surface area contributed by atoms with Crippen LogP contribution in [0.15, 0.2) is 86.7 Å². The van der Waals surface area contributed by atoms with Gasteiger partial charge in [0.05, 0.1) is 36.5 Å². The van der Waals surface area contributed by atoms with Crippen LogP contribution in [0, 0.1) is 0 Å². The lowest BCUT2D eigenvalue weighted by atomic mass is 9.97. The number of thiazole rings is 1. The maximum absolute atomic E-state index is 14.0. The van der Waals surface area contributed by atoms with Crippen molar-refractivity contribution in [1.82, 2.24) is 4.57 Å². The second-order valence-electron chi connectivity index (χ2n) is 9.35. The number of nitrogens with zero attached hydrogens (tertiary/aromatic N) is 2. The van der Waals surface area contributed by atoms with Crippen molar-refractivity contribution in [2.75, 3.05) is 20.3 Å². The van der Waals surface area contributed by atoms with Gasteiger partial charge in [0.2, 0.25) is 0 Å². The largest absolute Gasteiger partial charge is 0.490 e. The van der Waals surface area contributed by atoms with Crippen molar-refractivity contribution >= 4 is 50.9 Å². The van der Waals surface area contributed by atoms with Crippen LogP contribution in [0.2, 0.25) is 5.02 Å². The average Bonchev–Trinajstić information content (AvgIpc) is 3.32. The molecule has 0 fully saturated rings. The standard InChI is InChI=1S/C32H28BrClN2O6S/c1-4-40-26-12-8-20(15-27(26)41-5-2)29-24(31(38)39-3)17-35-32-36(29)30(37)28(43-32)16-21-14-23(34)11-13-25(21)42-18-19-6-9-22(33)10-7-19/h6-17,29H,4-5,18H2,1-3H3/b28-16+/t29-/m1/s1. The zero-order valence-electron chi connectivity index (χ0n) is 23.6. The highest BCUT2D eigenvalue weighted by atomic mass is 79.9. The summed E-state index contributed by atoms with van der Waals surface area (Å²) in [6.07, 6.45) is 3.18. The molecule has 0 amide bonds. The molecule has 1 aliphatic rings. The van der Waals surface area contributed by atoms with Crippen molar-refractivity contribution in [3.05, 3.63) is 118 Å². The van der Waals surface area contributed by atoms with Crippen LogP contribution in [0.4, 0.5) is 0 Å². The summed E-state index contributed by atoms with van der Waals surface area (Å²) in [5.41, 5.74) is 2.16. The average molecular weight is 684 g/mol. The van der Waals surface area contributed by atoms with Crippen molar-refractivity contribution in [1.29, 1.82) is 0 Å². The van der Waals surface area contributed by atoms with Gasteiger partial charge in [0, 0.05) is 21.3 Å². The molecule has 5 rings (SSSR count). The summed E-state index contributed by atoms with van der Waals surface area (Å²) in [6, 6.07) is 17.7. The van der Waals surface area contributed by atoms with Crippen LogP contribution in [0.5, 0.6) is 17.2 Å². The van der Waals surface area contributed by atoms with Crippen LogP contribution in [-0.4, -0.2) is 30.9 Å². The molecule has 0 saturated heterocycles. The number of fused-ring (bicyclic) bond motifs is 1. The van der Waals surface area contributed by atoms with E-state index in [1.807, 2.05) is 44.2 Å². The number of esters is 1. The van der Waals surface area contributed by atoms with E-state index in [2.05, 4.69) is 20.9 Å². The highest BCUT2D eigenvalue weighted by Gasteiger charge is 2.31. The van der Waals surface area contributed by atoms with Gasteiger partial charge >= 0.3 is 5.97 Å². The van der Waals surface area contributed by atoms with Gasteiger partial charge in [0.1, 0.15) is 12.4 Å². The predicted molar refractivity (Wildman–Crippen MR) is 170 cm³/mol. The third-order valence-corrected chi connectivity index (χ3v) is 8.33. The highest BCUT2D eigenvalue weighted by Crippen LogP contribution is 2.35. The van der Waals surface area contributed by atoms with E-state index >= 15 is 0 Å². The van der Waals surface area contributed by atoms with E-state index in [1.54, 1.807) is 36.4 Å². The SMILES string of the molecule is CCOc1ccc([C@@H]2C(C(=O)OC)=CN=c3s/c(=C/c4cc(Cl)ccc4OCc4ccc(Br)cc4)c(=O)n32)cc1OCC. The monoisotopic (exact) mass is 682 g/mol. The highest BCUT2D eigenvalue weighted by molar-refractivity contribution is 9.10. The fourth-order valence-corrected chi connectivity index (χ4v) is 6.04. The Bertz CT molecular complexity index is 1870. The quantitative estimate of drug-likeness (QED) is 0.196. The van der Waals surface area contributed by atoms with Crippen molar-refractivity contribution in [3.63, 3.8) is 0 Å². The fraction of sp³-hybridized carbons (Fsp3) is 0.219. The minimum Gasteiger partial charge on any atom is -0.490 e. The minimum absolute atomic E-state index is 0.217. The zero-order valence-corrected chi connectivity index (χ0v) is 26.8. The minimum atomic E-state index is -0.798. The summed E-state index contributed by atoms with van der Waals surface area (Å²) in [5.74, 6) is 1.06. The van der Waals surface area contributed by atoms with E-state index in [-0.39, 0.29) is 11.1 Å². The lowest BCUT2D eigenvalue weighted by Crippen LogP contribution is -2.39. The molecule has 8 nitrogen and oxygen atoms in total. The summed E-state index contributed by atoms with van der Waals surface area (Å²) in [5, 5.41) is 0.499. The van der Waals surface area contributed by atoms with E-state index in [0.717, 1.165) is 10.0 Å². The molecular formula is C32H28BrClN2O6S. The number of rotatable bonds is 10. The molecule has 0 aliphatic carbocycles. The number of methoxy groups -OCH3 is 1. The first-order valence-corrected chi connectivity index (χ1v) is 15.5. The van der Waals surface area contributed by atoms with Gasteiger partial charge in [-0.05, 0) is 73.5 Å². The molecule has 2 heterocycles. The molecule has 1 aliphatic heterocycles. The second-order valence-corrected chi connectivity index (χ2v) is 11.7. The van der Waals surface area contributed by atoms with Crippen LogP contribution in [0.25, 0.3) is 6.08 Å². The lowest BCUT2D eigenvalue weighted by Gasteiger charge is -2.23. The van der Waals surface area contributed by atoms with Crippen molar-refractivity contribution in [3.8, 4) is 17.2 Å². The maximum atomic E-state index is 14.0. The summed E-state index contributed by atoms with van der Waals surface area (Å²) < 4.78 is 25.6. The summed E-state index contributed by atoms with van der Waals surface area (Å²) in [4.78, 5) is 31.8. The normalized spacial score (nSPS) is 14.4. The molecule has 1 atom stereocenters. The molecular weight excluding hydrogens is 656 g/mol. The first kappa shape index (κ1) is 30.6. The van der Waals surface area contributed by atoms with Gasteiger partial charge in [0.25, 0.3) is 5.56 Å². The van der Waals surface area contributed by atoms with Gasteiger partial charge in [-0.2, -0.15) is 0 Å². The predicted octanol–water partition coefficient (Wildman–Crippen LogP) is 5.81. The molecule has 3 aromatic carbocycles. The number of aromatic nitrogens is 1. The van der Waals surface area contributed by atoms with Gasteiger partial charge in [0.15, 0.2) is 16.3 Å². The Labute approximate surface area is 265 Å². The number of carbonyl (C=O) groups is 1. The Balaban J connectivity index is 1.60. The first-order valence-electron chi connectivity index (χ1n) is 13.5. The van der Waals surface area contributed by atoms with Crippen LogP contribution >= 0.6 is 38.9 Å². The van der Waals surface area contributed by atoms with Crippen LogP contribution in [0.3, 0.4) is 0 Å². The van der Waals surface area contributed by atoms with Crippen LogP contribution < -0.4 is 29.1 Å². The Morgan fingerprint density at radius 3 is 2.44 bits per heavy atom. The van der Waals surface area contributed by atoms with E-state index in [0.29, 0.717) is 62.6 Å². The molecule has 1 aromatic heterocycles. The third-order valence-electron chi connectivity index (χ3n) is 6.57. The van der Waals surface area contributed by atoms with Crippen molar-refractivity contribution in [2.24, 2.45) is 4.99 Å². The second kappa shape index (κ2) is 13.6. The van der Waals surface area contributed by atoms with Crippen LogP contribution in [0.1, 0.15) is 36.6 Å². The molecule has 43 heavy (non-hydrogen) atoms. The van der Waals surface area contributed by atoms with Gasteiger partial charge in [-0.15, -0.1) is 0 Å². The summed E-state index contributed by atoms with van der Waals surface area (Å²) in [6.45, 7) is 4.96. The molecule has 0 spiro atoms. The lowest BCUT2D eigenvalue weighted by molar-refractivity contribution is -0.136.